The molecule has 0 spiro atoms. The molecule has 2 heterocycles. The number of nitrogens with zero attached hydrogens (tertiary/aromatic N) is 1. The van der Waals surface area contributed by atoms with Gasteiger partial charge in [0.1, 0.15) is 12.5 Å². The number of aromatic amines is 1. The van der Waals surface area contributed by atoms with E-state index < -0.39 is 5.92 Å². The first kappa shape index (κ1) is 22.2. The Balaban J connectivity index is 1.35. The number of H-pyrrole nitrogens is 1. The third-order valence-electron chi connectivity index (χ3n) is 8.55. The number of aromatic nitrogens is 1. The van der Waals surface area contributed by atoms with Gasteiger partial charge in [-0.1, -0.05) is 68.5 Å². The van der Waals surface area contributed by atoms with Crippen LogP contribution < -0.4 is 0 Å². The number of benzene rings is 2. The van der Waals surface area contributed by atoms with E-state index in [1.165, 1.54) is 43.4 Å². The number of carbonyl (C=O) groups is 2. The van der Waals surface area contributed by atoms with Gasteiger partial charge in [0.15, 0.2) is 17.3 Å². The second-order valence-corrected chi connectivity index (χ2v) is 11.0. The average Bonchev–Trinajstić information content (AvgIpc) is 3.38. The smallest absolute Gasteiger partial charge is 0.209 e. The molecule has 2 saturated carbocycles. The number of hydrogen-bond donors (Lipinski definition) is 1. The third-order valence-corrected chi connectivity index (χ3v) is 8.55. The highest BCUT2D eigenvalue weighted by atomic mass is 16.2. The van der Waals surface area contributed by atoms with E-state index >= 15 is 0 Å². The van der Waals surface area contributed by atoms with Crippen LogP contribution in [0.2, 0.25) is 0 Å². The second kappa shape index (κ2) is 8.44. The molecule has 0 radical (unpaired) electrons. The van der Waals surface area contributed by atoms with Gasteiger partial charge < -0.3 is 4.98 Å². The lowest BCUT2D eigenvalue weighted by molar-refractivity contribution is -0.439. The molecule has 0 atom stereocenters. The Bertz CT molecular complexity index is 1380. The van der Waals surface area contributed by atoms with E-state index in [0.717, 1.165) is 41.1 Å². The minimum atomic E-state index is -0.694. The summed E-state index contributed by atoms with van der Waals surface area (Å²) in [6, 6.07) is 16.4. The predicted octanol–water partition coefficient (Wildman–Crippen LogP) is 6.38. The van der Waals surface area contributed by atoms with Crippen molar-refractivity contribution in [1.82, 2.24) is 4.98 Å². The number of para-hydroxylation sites is 2. The number of hydrogen-bond acceptors (Lipinski definition) is 2. The van der Waals surface area contributed by atoms with E-state index in [1.54, 1.807) is 0 Å². The number of nitrogens with one attached hydrogen (secondary N) is 1. The molecule has 0 bridgehead atoms. The normalized spacial score (nSPS) is 22.0. The van der Waals surface area contributed by atoms with E-state index in [1.807, 2.05) is 36.5 Å². The molecule has 1 aliphatic heterocycles. The highest BCUT2D eigenvalue weighted by molar-refractivity contribution is 6.43. The number of fused-ring (bicyclic) bond motifs is 2. The lowest BCUT2D eigenvalue weighted by atomic mass is 9.71. The molecule has 4 nitrogen and oxygen atoms in total. The minimum absolute atomic E-state index is 0.0637. The molecule has 0 amide bonds. The van der Waals surface area contributed by atoms with E-state index in [9.17, 15) is 9.59 Å². The molecule has 0 unspecified atom stereocenters. The summed E-state index contributed by atoms with van der Waals surface area (Å²) < 4.78 is 2.39. The van der Waals surface area contributed by atoms with Crippen LogP contribution >= 0.6 is 0 Å². The Labute approximate surface area is 206 Å². The van der Waals surface area contributed by atoms with Gasteiger partial charge in [0.05, 0.1) is 11.0 Å². The summed E-state index contributed by atoms with van der Waals surface area (Å²) in [5.74, 6) is -0.0511. The Morgan fingerprint density at radius 1 is 0.971 bits per heavy atom. The molecule has 3 aliphatic rings. The molecule has 178 valence electrons. The standard InChI is InChI=1S/C31H32N2O2/c1-31(2)24-13-7-9-15-26(24)33(17-16-20-10-4-3-5-11-20)27(31)18-22-29(34)28(30(22)35)23-19-32-25-14-8-6-12-21(23)25/h6-9,12-15,18-20,28H,3-5,10-11,16-17H2,1-2H3/p+1. The molecular weight excluding hydrogens is 432 g/mol. The van der Waals surface area contributed by atoms with Gasteiger partial charge in [0.2, 0.25) is 5.69 Å². The molecule has 2 aromatic carbocycles. The van der Waals surface area contributed by atoms with Gasteiger partial charge in [-0.2, -0.15) is 4.58 Å². The maximum atomic E-state index is 13.4. The molecule has 0 saturated heterocycles. The Kier molecular flexibility index (Phi) is 5.36. The minimum Gasteiger partial charge on any atom is -0.361 e. The van der Waals surface area contributed by atoms with Crippen LogP contribution in [0.15, 0.2) is 66.4 Å². The first-order chi connectivity index (χ1) is 17.0. The Morgan fingerprint density at radius 2 is 1.69 bits per heavy atom. The monoisotopic (exact) mass is 465 g/mol. The van der Waals surface area contributed by atoms with Crippen molar-refractivity contribution in [3.63, 3.8) is 0 Å². The highest BCUT2D eigenvalue weighted by Gasteiger charge is 2.50. The topological polar surface area (TPSA) is 52.9 Å². The van der Waals surface area contributed by atoms with E-state index in [4.69, 9.17) is 0 Å². The molecule has 4 heteroatoms. The van der Waals surface area contributed by atoms with Crippen molar-refractivity contribution in [2.24, 2.45) is 5.92 Å². The fourth-order valence-corrected chi connectivity index (χ4v) is 6.50. The summed E-state index contributed by atoms with van der Waals surface area (Å²) in [5.41, 5.74) is 5.39. The van der Waals surface area contributed by atoms with Crippen LogP contribution in [0.3, 0.4) is 0 Å². The predicted molar refractivity (Wildman–Crippen MR) is 140 cm³/mol. The van der Waals surface area contributed by atoms with Gasteiger partial charge in [-0.25, -0.2) is 0 Å². The summed E-state index contributed by atoms with van der Waals surface area (Å²) in [5, 5.41) is 0.952. The van der Waals surface area contributed by atoms with Gasteiger partial charge in [-0.05, 0) is 31.4 Å². The zero-order chi connectivity index (χ0) is 24.2. The maximum absolute atomic E-state index is 13.4. The quantitative estimate of drug-likeness (QED) is 0.206. The molecule has 3 aromatic rings. The van der Waals surface area contributed by atoms with Gasteiger partial charge in [0.25, 0.3) is 0 Å². The van der Waals surface area contributed by atoms with E-state index in [2.05, 4.69) is 47.7 Å². The number of Topliss-reactive ketones (excluding diaryl/α,β-unsaturated/α-hetero) is 2. The van der Waals surface area contributed by atoms with Crippen molar-refractivity contribution in [1.29, 1.82) is 0 Å². The lowest BCUT2D eigenvalue weighted by Gasteiger charge is -2.26. The summed E-state index contributed by atoms with van der Waals surface area (Å²) in [7, 11) is 0. The van der Waals surface area contributed by atoms with Crippen molar-refractivity contribution in [2.45, 2.75) is 63.7 Å². The fraction of sp³-hybridized carbons (Fsp3) is 0.387. The van der Waals surface area contributed by atoms with Gasteiger partial charge >= 0.3 is 0 Å². The van der Waals surface area contributed by atoms with Gasteiger partial charge in [-0.15, -0.1) is 0 Å². The fourth-order valence-electron chi connectivity index (χ4n) is 6.50. The summed E-state index contributed by atoms with van der Waals surface area (Å²) in [4.78, 5) is 29.9. The van der Waals surface area contributed by atoms with Crippen molar-refractivity contribution < 1.29 is 14.2 Å². The van der Waals surface area contributed by atoms with E-state index in [0.29, 0.717) is 5.57 Å². The van der Waals surface area contributed by atoms with Crippen molar-refractivity contribution in [3.8, 4) is 0 Å². The molecule has 6 rings (SSSR count). The van der Waals surface area contributed by atoms with Crippen LogP contribution in [0.1, 0.15) is 69.4 Å². The first-order valence-corrected chi connectivity index (χ1v) is 13.1. The first-order valence-electron chi connectivity index (χ1n) is 13.1. The van der Waals surface area contributed by atoms with Crippen LogP contribution in [0.5, 0.6) is 0 Å². The Morgan fingerprint density at radius 3 is 2.49 bits per heavy atom. The largest absolute Gasteiger partial charge is 0.361 e. The van der Waals surface area contributed by atoms with Crippen molar-refractivity contribution in [2.75, 3.05) is 6.54 Å². The molecule has 2 fully saturated rings. The van der Waals surface area contributed by atoms with Crippen molar-refractivity contribution >= 4 is 33.9 Å². The molecular formula is C31H33N2O2+. The van der Waals surface area contributed by atoms with Crippen molar-refractivity contribution in [3.05, 3.63) is 77.5 Å². The zero-order valence-electron chi connectivity index (χ0n) is 20.6. The summed E-state index contributed by atoms with van der Waals surface area (Å²) in [6.07, 6.45) is 11.6. The van der Waals surface area contributed by atoms with Crippen LogP contribution in [0, 0.1) is 5.92 Å². The maximum Gasteiger partial charge on any atom is 0.209 e. The van der Waals surface area contributed by atoms with Crippen LogP contribution in [0.4, 0.5) is 5.69 Å². The second-order valence-electron chi connectivity index (χ2n) is 11.0. The highest BCUT2D eigenvalue weighted by Crippen LogP contribution is 2.43. The zero-order valence-corrected chi connectivity index (χ0v) is 20.6. The number of rotatable bonds is 5. The van der Waals surface area contributed by atoms with Gasteiger partial charge in [-0.3, -0.25) is 9.59 Å². The Hall–Kier alpha value is -3.27. The summed E-state index contributed by atoms with van der Waals surface area (Å²) >= 11 is 0. The lowest BCUT2D eigenvalue weighted by Crippen LogP contribution is -2.40. The van der Waals surface area contributed by atoms with Crippen LogP contribution in [-0.4, -0.2) is 33.4 Å². The average molecular weight is 466 g/mol. The molecule has 1 N–H and O–H groups in total. The number of carbonyl (C=O) groups excluding carboxylic acids is 2. The van der Waals surface area contributed by atoms with Crippen LogP contribution in [0.25, 0.3) is 10.9 Å². The molecule has 1 aromatic heterocycles. The van der Waals surface area contributed by atoms with E-state index in [-0.39, 0.29) is 17.0 Å². The number of ketones is 2. The summed E-state index contributed by atoms with van der Waals surface area (Å²) in [6.45, 7) is 5.35. The SMILES string of the molecule is CC1(C)C(C=C2C(=O)C(c3c[nH]c4ccccc34)C2=O)=[N+](CCC2CCCCC2)c2ccccc21. The molecule has 35 heavy (non-hydrogen) atoms. The van der Waals surface area contributed by atoms with Crippen LogP contribution in [-0.2, 0) is 15.0 Å². The third kappa shape index (κ3) is 3.53. The molecule has 2 aliphatic carbocycles. The van der Waals surface area contributed by atoms with Gasteiger partial charge in [0, 0.05) is 41.2 Å². The number of allylic oxidation sites excluding steroid dienone is 2.